The summed E-state index contributed by atoms with van der Waals surface area (Å²) in [6.45, 7) is 9.87. The standard InChI is InChI=1S/C25H37N5O4/c1-7-19(18-11-9-8-10-12-18)24(33)28(6)15-20(31)29(13-16(2)3)21-22(26)30(14-17(4)5)25(34)27-23(21)32/h8-12,16-17,19H,7,13-15,26H2,1-6H3,(H,27,32,34)/t19-/m1/s1. The van der Waals surface area contributed by atoms with Gasteiger partial charge >= 0.3 is 5.69 Å². The molecule has 34 heavy (non-hydrogen) atoms. The fraction of sp³-hybridized carbons (Fsp3) is 0.520. The van der Waals surface area contributed by atoms with Crippen molar-refractivity contribution in [1.29, 1.82) is 0 Å². The van der Waals surface area contributed by atoms with Crippen molar-refractivity contribution >= 4 is 23.3 Å². The first-order valence-corrected chi connectivity index (χ1v) is 11.7. The molecule has 9 heteroatoms. The summed E-state index contributed by atoms with van der Waals surface area (Å²) in [5.41, 5.74) is 5.74. The van der Waals surface area contributed by atoms with Gasteiger partial charge in [0.15, 0.2) is 5.69 Å². The number of aromatic nitrogens is 2. The zero-order valence-electron chi connectivity index (χ0n) is 21.0. The fourth-order valence-corrected chi connectivity index (χ4v) is 3.94. The lowest BCUT2D eigenvalue weighted by Crippen LogP contribution is -2.47. The minimum atomic E-state index is -0.721. The van der Waals surface area contributed by atoms with Crippen molar-refractivity contribution in [2.45, 2.75) is 53.5 Å². The van der Waals surface area contributed by atoms with E-state index in [-0.39, 0.29) is 48.3 Å². The van der Waals surface area contributed by atoms with E-state index in [9.17, 15) is 19.2 Å². The van der Waals surface area contributed by atoms with Gasteiger partial charge in [-0.25, -0.2) is 4.79 Å². The Morgan fingerprint density at radius 2 is 1.68 bits per heavy atom. The number of aromatic amines is 1. The third kappa shape index (κ3) is 6.36. The molecule has 2 amide bonds. The van der Waals surface area contributed by atoms with Crippen molar-refractivity contribution in [2.75, 3.05) is 30.8 Å². The van der Waals surface area contributed by atoms with Crippen LogP contribution in [0, 0.1) is 11.8 Å². The van der Waals surface area contributed by atoms with Crippen LogP contribution < -0.4 is 21.9 Å². The van der Waals surface area contributed by atoms with Gasteiger partial charge in [0.25, 0.3) is 5.56 Å². The average Bonchev–Trinajstić information content (AvgIpc) is 2.76. The first-order valence-electron chi connectivity index (χ1n) is 11.7. The molecule has 0 spiro atoms. The molecular formula is C25H37N5O4. The summed E-state index contributed by atoms with van der Waals surface area (Å²) in [5, 5.41) is 0. The maximum absolute atomic E-state index is 13.4. The van der Waals surface area contributed by atoms with Crippen LogP contribution in [0.3, 0.4) is 0 Å². The number of likely N-dealkylation sites (N-methyl/N-ethyl adjacent to an activating group) is 1. The maximum Gasteiger partial charge on any atom is 0.330 e. The second kappa shape index (κ2) is 11.7. The van der Waals surface area contributed by atoms with Gasteiger partial charge in [-0.15, -0.1) is 0 Å². The number of rotatable bonds is 10. The van der Waals surface area contributed by atoms with Gasteiger partial charge in [-0.1, -0.05) is 65.0 Å². The molecular weight excluding hydrogens is 434 g/mol. The van der Waals surface area contributed by atoms with E-state index in [4.69, 9.17) is 5.73 Å². The highest BCUT2D eigenvalue weighted by atomic mass is 16.2. The van der Waals surface area contributed by atoms with Crippen LogP contribution in [0.15, 0.2) is 39.9 Å². The third-order valence-electron chi connectivity index (χ3n) is 5.54. The van der Waals surface area contributed by atoms with Gasteiger partial charge in [-0.3, -0.25) is 23.9 Å². The maximum atomic E-state index is 13.4. The highest BCUT2D eigenvalue weighted by Crippen LogP contribution is 2.23. The number of anilines is 2. The van der Waals surface area contributed by atoms with Crippen LogP contribution in [0.25, 0.3) is 0 Å². The second-order valence-electron chi connectivity index (χ2n) is 9.46. The molecule has 3 N–H and O–H groups in total. The first kappa shape index (κ1) is 26.9. The molecule has 0 aliphatic rings. The quantitative estimate of drug-likeness (QED) is 0.551. The van der Waals surface area contributed by atoms with Crippen molar-refractivity contribution < 1.29 is 9.59 Å². The number of amides is 2. The summed E-state index contributed by atoms with van der Waals surface area (Å²) in [5.74, 6) is -0.944. The van der Waals surface area contributed by atoms with Gasteiger partial charge in [0.2, 0.25) is 11.8 Å². The highest BCUT2D eigenvalue weighted by Gasteiger charge is 2.29. The summed E-state index contributed by atoms with van der Waals surface area (Å²) < 4.78 is 1.28. The molecule has 1 atom stereocenters. The minimum absolute atomic E-state index is 0.0157. The normalized spacial score (nSPS) is 12.1. The lowest BCUT2D eigenvalue weighted by atomic mass is 9.95. The van der Waals surface area contributed by atoms with E-state index >= 15 is 0 Å². The van der Waals surface area contributed by atoms with E-state index in [0.717, 1.165) is 5.56 Å². The number of H-pyrrole nitrogens is 1. The molecule has 0 unspecified atom stereocenters. The fourth-order valence-electron chi connectivity index (χ4n) is 3.94. The van der Waals surface area contributed by atoms with Gasteiger partial charge in [-0.05, 0) is 23.8 Å². The second-order valence-corrected chi connectivity index (χ2v) is 9.46. The number of nitrogens with two attached hydrogens (primary N) is 1. The Bertz CT molecular complexity index is 1100. The highest BCUT2D eigenvalue weighted by molar-refractivity contribution is 5.99. The first-order chi connectivity index (χ1) is 16.0. The van der Waals surface area contributed by atoms with Gasteiger partial charge in [0.1, 0.15) is 5.82 Å². The number of benzene rings is 1. The Balaban J connectivity index is 2.39. The molecule has 186 valence electrons. The number of nitrogens with zero attached hydrogens (tertiary/aromatic N) is 3. The van der Waals surface area contributed by atoms with Crippen molar-refractivity contribution in [3.63, 3.8) is 0 Å². The summed E-state index contributed by atoms with van der Waals surface area (Å²) in [6, 6.07) is 9.43. The molecule has 9 nitrogen and oxygen atoms in total. The molecule has 2 rings (SSSR count). The van der Waals surface area contributed by atoms with Crippen molar-refractivity contribution in [3.8, 4) is 0 Å². The molecule has 1 heterocycles. The van der Waals surface area contributed by atoms with Crippen molar-refractivity contribution in [3.05, 3.63) is 56.7 Å². The zero-order chi connectivity index (χ0) is 25.6. The Kier molecular flexibility index (Phi) is 9.23. The number of nitrogen functional groups attached to an aromatic ring is 1. The molecule has 0 aliphatic carbocycles. The predicted octanol–water partition coefficient (Wildman–Crippen LogP) is 2.42. The van der Waals surface area contributed by atoms with Crippen LogP contribution in [-0.4, -0.2) is 46.4 Å². The van der Waals surface area contributed by atoms with Gasteiger partial charge < -0.3 is 15.5 Å². The lowest BCUT2D eigenvalue weighted by Gasteiger charge is -2.29. The monoisotopic (exact) mass is 471 g/mol. The SMILES string of the molecule is CC[C@@H](C(=O)N(C)CC(=O)N(CC(C)C)c1c(N)n(CC(C)C)c(=O)[nH]c1=O)c1ccccc1. The Morgan fingerprint density at radius 1 is 1.06 bits per heavy atom. The number of hydrogen-bond donors (Lipinski definition) is 2. The van der Waals surface area contributed by atoms with Gasteiger partial charge in [0, 0.05) is 20.1 Å². The molecule has 0 saturated carbocycles. The van der Waals surface area contributed by atoms with E-state index in [2.05, 4.69) is 4.98 Å². The van der Waals surface area contributed by atoms with E-state index in [1.807, 2.05) is 65.0 Å². The molecule has 1 aromatic carbocycles. The predicted molar refractivity (Wildman–Crippen MR) is 135 cm³/mol. The van der Waals surface area contributed by atoms with E-state index in [1.54, 1.807) is 7.05 Å². The Labute approximate surface area is 200 Å². The minimum Gasteiger partial charge on any atom is -0.383 e. The summed E-state index contributed by atoms with van der Waals surface area (Å²) in [4.78, 5) is 56.6. The number of carbonyl (C=O) groups is 2. The molecule has 2 aromatic rings. The molecule has 0 radical (unpaired) electrons. The Hall–Kier alpha value is -3.36. The van der Waals surface area contributed by atoms with Crippen LogP contribution in [0.1, 0.15) is 52.5 Å². The third-order valence-corrected chi connectivity index (χ3v) is 5.54. The van der Waals surface area contributed by atoms with Crippen LogP contribution in [0.2, 0.25) is 0 Å². The molecule has 0 saturated heterocycles. The lowest BCUT2D eigenvalue weighted by molar-refractivity contribution is -0.135. The van der Waals surface area contributed by atoms with Crippen LogP contribution in [0.5, 0.6) is 0 Å². The smallest absolute Gasteiger partial charge is 0.330 e. The number of carbonyl (C=O) groups excluding carboxylic acids is 2. The van der Waals surface area contributed by atoms with Crippen molar-refractivity contribution in [1.82, 2.24) is 14.5 Å². The zero-order valence-corrected chi connectivity index (χ0v) is 21.0. The number of hydrogen-bond acceptors (Lipinski definition) is 5. The molecule has 0 aliphatic heterocycles. The van der Waals surface area contributed by atoms with Crippen LogP contribution >= 0.6 is 0 Å². The van der Waals surface area contributed by atoms with Gasteiger partial charge in [-0.2, -0.15) is 0 Å². The Morgan fingerprint density at radius 3 is 2.21 bits per heavy atom. The number of nitrogens with one attached hydrogen (secondary N) is 1. The summed E-state index contributed by atoms with van der Waals surface area (Å²) in [6.07, 6.45) is 0.587. The van der Waals surface area contributed by atoms with Gasteiger partial charge in [0.05, 0.1) is 12.5 Å². The average molecular weight is 472 g/mol. The van der Waals surface area contributed by atoms with Crippen molar-refractivity contribution in [2.24, 2.45) is 11.8 Å². The van der Waals surface area contributed by atoms with Crippen LogP contribution in [-0.2, 0) is 16.1 Å². The topological polar surface area (TPSA) is 121 Å². The largest absolute Gasteiger partial charge is 0.383 e. The molecule has 1 aromatic heterocycles. The van der Waals surface area contributed by atoms with E-state index < -0.39 is 17.2 Å². The van der Waals surface area contributed by atoms with E-state index in [1.165, 1.54) is 14.4 Å². The van der Waals surface area contributed by atoms with Crippen LogP contribution in [0.4, 0.5) is 11.5 Å². The van der Waals surface area contributed by atoms with E-state index in [0.29, 0.717) is 13.0 Å². The molecule has 0 bridgehead atoms. The summed E-state index contributed by atoms with van der Waals surface area (Å²) >= 11 is 0. The summed E-state index contributed by atoms with van der Waals surface area (Å²) in [7, 11) is 1.58. The molecule has 0 fully saturated rings.